The molecule has 0 amide bonds. The van der Waals surface area contributed by atoms with E-state index >= 15 is 0 Å². The van der Waals surface area contributed by atoms with E-state index in [1.807, 2.05) is 0 Å². The van der Waals surface area contributed by atoms with Gasteiger partial charge in [0, 0.05) is 0 Å². The molecule has 7 fully saturated rings. The average molecular weight is 371 g/mol. The van der Waals surface area contributed by atoms with Crippen LogP contribution in [0.3, 0.4) is 0 Å². The first-order valence-electron chi connectivity index (χ1n) is 12.5. The Morgan fingerprint density at radius 1 is 0.500 bits per heavy atom. The third-order valence-corrected chi connectivity index (χ3v) is 15.5. The zero-order valence-corrected chi connectivity index (χ0v) is 17.7. The lowest BCUT2D eigenvalue weighted by Crippen LogP contribution is -2.44. The van der Waals surface area contributed by atoms with Crippen molar-refractivity contribution in [2.45, 2.75) is 119 Å². The molecule has 0 aromatic rings. The Labute approximate surface area is 162 Å². The van der Waals surface area contributed by atoms with Crippen molar-refractivity contribution in [1.82, 2.24) is 0 Å². The fourth-order valence-corrected chi connectivity index (χ4v) is 16.9. The molecule has 0 N–H and O–H groups in total. The van der Waals surface area contributed by atoms with E-state index in [9.17, 15) is 0 Å². The summed E-state index contributed by atoms with van der Waals surface area (Å²) < 4.78 is 0. The molecule has 0 heterocycles. The summed E-state index contributed by atoms with van der Waals surface area (Å²) in [5.41, 5.74) is 1.21. The van der Waals surface area contributed by atoms with Crippen LogP contribution in [0, 0.1) is 35.5 Å². The molecule has 7 saturated carbocycles. The molecule has 7 aliphatic rings. The predicted octanol–water partition coefficient (Wildman–Crippen LogP) is 7.35. The van der Waals surface area contributed by atoms with Crippen LogP contribution in [0.2, 0.25) is 0 Å². The van der Waals surface area contributed by atoms with Gasteiger partial charge in [0.25, 0.3) is 0 Å². The van der Waals surface area contributed by atoms with Crippen molar-refractivity contribution >= 4 is 7.92 Å². The first-order chi connectivity index (χ1) is 12.7. The monoisotopic (exact) mass is 370 g/mol. The van der Waals surface area contributed by atoms with Gasteiger partial charge in [-0.15, -0.1) is 0 Å². The summed E-state index contributed by atoms with van der Waals surface area (Å²) in [7, 11) is 0.290. The van der Waals surface area contributed by atoms with Crippen molar-refractivity contribution in [3.63, 3.8) is 0 Å². The van der Waals surface area contributed by atoms with Crippen LogP contribution in [0.1, 0.15) is 103 Å². The van der Waals surface area contributed by atoms with Crippen molar-refractivity contribution in [3.05, 3.63) is 0 Å². The highest BCUT2D eigenvalue weighted by Crippen LogP contribution is 2.82. The van der Waals surface area contributed by atoms with Gasteiger partial charge in [-0.2, -0.15) is 0 Å². The van der Waals surface area contributed by atoms with Crippen LogP contribution in [0.15, 0.2) is 0 Å². The summed E-state index contributed by atoms with van der Waals surface area (Å²) in [6.07, 6.45) is 26.6. The Balaban J connectivity index is 1.32. The Bertz CT molecular complexity index is 541. The molecule has 0 aromatic carbocycles. The Kier molecular flexibility index (Phi) is 3.45. The van der Waals surface area contributed by atoms with Crippen molar-refractivity contribution in [2.75, 3.05) is 0 Å². The third kappa shape index (κ3) is 2.13. The second-order valence-corrected chi connectivity index (χ2v) is 15.7. The van der Waals surface area contributed by atoms with Crippen LogP contribution >= 0.6 is 7.92 Å². The first kappa shape index (κ1) is 16.3. The lowest BCUT2D eigenvalue weighted by molar-refractivity contribution is 0.176. The second-order valence-electron chi connectivity index (χ2n) is 12.4. The van der Waals surface area contributed by atoms with Gasteiger partial charge in [0.1, 0.15) is 0 Å². The van der Waals surface area contributed by atoms with Crippen LogP contribution in [0.4, 0.5) is 0 Å². The molecule has 0 spiro atoms. The molecule has 0 nitrogen and oxygen atoms in total. The smallest absolute Gasteiger partial charge is 0.00788 e. The minimum Gasteiger partial charge on any atom is -0.0907 e. The van der Waals surface area contributed by atoms with Gasteiger partial charge in [-0.25, -0.2) is 0 Å². The van der Waals surface area contributed by atoms with Gasteiger partial charge in [0.15, 0.2) is 0 Å². The van der Waals surface area contributed by atoms with Crippen molar-refractivity contribution in [2.24, 2.45) is 35.5 Å². The molecular weight excluding hydrogens is 331 g/mol. The number of rotatable bonds is 3. The molecule has 144 valence electrons. The summed E-state index contributed by atoms with van der Waals surface area (Å²) in [5, 5.41) is 1.79. The van der Waals surface area contributed by atoms with Gasteiger partial charge >= 0.3 is 0 Å². The van der Waals surface area contributed by atoms with Gasteiger partial charge < -0.3 is 0 Å². The molecule has 0 radical (unpaired) electrons. The van der Waals surface area contributed by atoms with Crippen molar-refractivity contribution in [3.8, 4) is 0 Å². The van der Waals surface area contributed by atoms with E-state index < -0.39 is 0 Å². The third-order valence-electron chi connectivity index (χ3n) is 11.1. The Morgan fingerprint density at radius 2 is 1.00 bits per heavy atom. The maximum absolute atomic E-state index is 1.72. The van der Waals surface area contributed by atoms with E-state index in [1.54, 1.807) is 103 Å². The lowest BCUT2D eigenvalue weighted by Gasteiger charge is -2.56. The van der Waals surface area contributed by atoms with Gasteiger partial charge in [-0.3, -0.25) is 0 Å². The zero-order valence-electron chi connectivity index (χ0n) is 16.8. The van der Waals surface area contributed by atoms with Gasteiger partial charge in [-0.1, -0.05) is 33.6 Å². The van der Waals surface area contributed by atoms with E-state index in [0.717, 1.165) is 22.1 Å². The summed E-state index contributed by atoms with van der Waals surface area (Å²) in [4.78, 5) is 0. The molecule has 26 heavy (non-hydrogen) atoms. The highest BCUT2D eigenvalue weighted by atomic mass is 31.1. The topological polar surface area (TPSA) is 0 Å². The molecule has 0 aromatic heterocycles. The lowest BCUT2D eigenvalue weighted by atomic mass is 9.72. The summed E-state index contributed by atoms with van der Waals surface area (Å²) in [6.45, 7) is 0. The highest BCUT2D eigenvalue weighted by Gasteiger charge is 2.65. The van der Waals surface area contributed by atoms with Gasteiger partial charge in [0.2, 0.25) is 0 Å². The fraction of sp³-hybridized carbons (Fsp3) is 1.00. The molecule has 1 heteroatoms. The van der Waals surface area contributed by atoms with Gasteiger partial charge in [0.05, 0.1) is 0 Å². The van der Waals surface area contributed by atoms with E-state index in [-0.39, 0.29) is 0 Å². The van der Waals surface area contributed by atoms with Crippen molar-refractivity contribution in [1.29, 1.82) is 0 Å². The number of hydrogen-bond acceptors (Lipinski definition) is 0. The van der Waals surface area contributed by atoms with E-state index in [0.29, 0.717) is 7.92 Å². The standard InChI is InChI=1S/C25H39P/c1-2-4-23(3-1)26(24-11-17-5-7-19(13-24)21(9-17)15-24)25-12-18-6-8-20(14-25)22(10-18)16-25/h17-23H,1-16H2. The quantitative estimate of drug-likeness (QED) is 0.456. The molecule has 8 atom stereocenters. The van der Waals surface area contributed by atoms with E-state index in [4.69, 9.17) is 0 Å². The summed E-state index contributed by atoms with van der Waals surface area (Å²) >= 11 is 0. The highest BCUT2D eigenvalue weighted by molar-refractivity contribution is 7.61. The molecule has 0 aliphatic heterocycles. The molecule has 0 saturated heterocycles. The van der Waals surface area contributed by atoms with Gasteiger partial charge in [-0.05, 0) is 129 Å². The summed E-state index contributed by atoms with van der Waals surface area (Å²) in [5.74, 6) is 7.04. The Morgan fingerprint density at radius 3 is 1.54 bits per heavy atom. The Hall–Kier alpha value is 0.430. The van der Waals surface area contributed by atoms with Crippen LogP contribution < -0.4 is 0 Å². The van der Waals surface area contributed by atoms with Crippen molar-refractivity contribution < 1.29 is 0 Å². The van der Waals surface area contributed by atoms with Crippen LogP contribution in [0.25, 0.3) is 0 Å². The zero-order chi connectivity index (χ0) is 16.9. The SMILES string of the molecule is C1CCC(P(C23CC4CCC(C2)C(C4)C3)C23CC4CCC(C2)C(C4)C3)C1. The normalized spacial score (nSPS) is 58.6. The fourth-order valence-electron chi connectivity index (χ4n) is 10.8. The maximum Gasteiger partial charge on any atom is -0.00788 e. The number of fused-ring (bicyclic) bond motifs is 4. The van der Waals surface area contributed by atoms with Crippen LogP contribution in [0.5, 0.6) is 0 Å². The predicted molar refractivity (Wildman–Crippen MR) is 111 cm³/mol. The minimum absolute atomic E-state index is 0.290. The van der Waals surface area contributed by atoms with E-state index in [2.05, 4.69) is 0 Å². The summed E-state index contributed by atoms with van der Waals surface area (Å²) in [6, 6.07) is 0. The molecule has 7 rings (SSSR count). The largest absolute Gasteiger partial charge is 0.0907 e. The maximum atomic E-state index is 1.72. The van der Waals surface area contributed by atoms with Crippen LogP contribution in [-0.4, -0.2) is 16.0 Å². The number of hydrogen-bond donors (Lipinski definition) is 0. The molecule has 6 bridgehead atoms. The van der Waals surface area contributed by atoms with E-state index in [1.165, 1.54) is 29.3 Å². The second kappa shape index (κ2) is 5.52. The molecule has 7 aliphatic carbocycles. The minimum atomic E-state index is 0.290. The molecule has 8 unspecified atom stereocenters. The van der Waals surface area contributed by atoms with Crippen LogP contribution in [-0.2, 0) is 0 Å². The average Bonchev–Trinajstić information content (AvgIpc) is 3.23. The molecular formula is C25H39P. The first-order valence-corrected chi connectivity index (χ1v) is 13.9.